The van der Waals surface area contributed by atoms with Crippen LogP contribution >= 0.6 is 0 Å². The molecule has 0 bridgehead atoms. The number of rotatable bonds is 7. The van der Waals surface area contributed by atoms with Crippen LogP contribution in [0.3, 0.4) is 0 Å². The van der Waals surface area contributed by atoms with E-state index in [1.54, 1.807) is 6.92 Å². The Hall–Kier alpha value is -1.79. The van der Waals surface area contributed by atoms with E-state index in [2.05, 4.69) is 4.74 Å². The Morgan fingerprint density at radius 1 is 1.20 bits per heavy atom. The van der Waals surface area contributed by atoms with Gasteiger partial charge in [-0.15, -0.1) is 0 Å². The van der Waals surface area contributed by atoms with Crippen LogP contribution in [0.1, 0.15) is 20.3 Å². The SMILES string of the molecule is CCOC(=O)O.CCOC(O)CCOc1ccccc1. The molecule has 0 saturated heterocycles. The van der Waals surface area contributed by atoms with Crippen LogP contribution in [0.4, 0.5) is 4.79 Å². The summed E-state index contributed by atoms with van der Waals surface area (Å²) in [6.07, 6.45) is -1.44. The number of aliphatic hydroxyl groups is 1. The summed E-state index contributed by atoms with van der Waals surface area (Å²) >= 11 is 0. The number of ether oxygens (including phenoxy) is 3. The first kappa shape index (κ1) is 18.2. The minimum atomic E-state index is -1.21. The molecule has 6 heteroatoms. The Kier molecular flexibility index (Phi) is 11.2. The monoisotopic (exact) mass is 286 g/mol. The molecule has 0 aromatic heterocycles. The first-order valence-electron chi connectivity index (χ1n) is 6.43. The van der Waals surface area contributed by atoms with Crippen LogP contribution in [-0.2, 0) is 9.47 Å². The predicted octanol–water partition coefficient (Wildman–Crippen LogP) is 2.51. The third-order valence-electron chi connectivity index (χ3n) is 2.00. The van der Waals surface area contributed by atoms with Crippen molar-refractivity contribution in [3.05, 3.63) is 30.3 Å². The molecule has 1 aromatic rings. The molecule has 0 amide bonds. The van der Waals surface area contributed by atoms with Crippen molar-refractivity contribution in [2.24, 2.45) is 0 Å². The summed E-state index contributed by atoms with van der Waals surface area (Å²) in [7, 11) is 0. The van der Waals surface area contributed by atoms with Crippen LogP contribution < -0.4 is 4.74 Å². The molecule has 6 nitrogen and oxygen atoms in total. The Morgan fingerprint density at radius 2 is 1.85 bits per heavy atom. The van der Waals surface area contributed by atoms with Crippen molar-refractivity contribution in [3.8, 4) is 5.75 Å². The van der Waals surface area contributed by atoms with E-state index in [0.717, 1.165) is 5.75 Å². The largest absolute Gasteiger partial charge is 0.505 e. The summed E-state index contributed by atoms with van der Waals surface area (Å²) in [5.74, 6) is 0.816. The van der Waals surface area contributed by atoms with Crippen molar-refractivity contribution in [1.82, 2.24) is 0 Å². The van der Waals surface area contributed by atoms with Gasteiger partial charge in [0.05, 0.1) is 13.2 Å². The standard InChI is InChI=1S/C11H16O3.C3H6O3/c1-2-13-11(12)8-9-14-10-6-4-3-5-7-10;1-2-6-3(4)5/h3-7,11-12H,2,8-9H2,1H3;2H2,1H3,(H,4,5). The lowest BCUT2D eigenvalue weighted by Gasteiger charge is -2.11. The summed E-state index contributed by atoms with van der Waals surface area (Å²) in [6.45, 7) is 4.68. The fourth-order valence-corrected chi connectivity index (χ4v) is 1.19. The van der Waals surface area contributed by atoms with Crippen molar-refractivity contribution in [2.75, 3.05) is 19.8 Å². The number of carbonyl (C=O) groups is 1. The second-order valence-electron chi connectivity index (χ2n) is 3.56. The molecular formula is C14H22O6. The number of benzene rings is 1. The Labute approximate surface area is 118 Å². The lowest BCUT2D eigenvalue weighted by molar-refractivity contribution is -0.103. The van der Waals surface area contributed by atoms with Crippen molar-refractivity contribution >= 4 is 6.16 Å². The lowest BCUT2D eigenvalue weighted by atomic mass is 10.3. The molecule has 0 aliphatic rings. The fraction of sp³-hybridized carbons (Fsp3) is 0.500. The number of hydrogen-bond acceptors (Lipinski definition) is 5. The summed E-state index contributed by atoms with van der Waals surface area (Å²) in [6, 6.07) is 9.52. The summed E-state index contributed by atoms with van der Waals surface area (Å²) in [5.41, 5.74) is 0. The van der Waals surface area contributed by atoms with Gasteiger partial charge in [0.1, 0.15) is 5.75 Å². The normalized spacial score (nSPS) is 10.9. The quantitative estimate of drug-likeness (QED) is 0.591. The minimum absolute atomic E-state index is 0.231. The molecule has 2 N–H and O–H groups in total. The highest BCUT2D eigenvalue weighted by Crippen LogP contribution is 2.08. The molecular weight excluding hydrogens is 264 g/mol. The van der Waals surface area contributed by atoms with E-state index in [-0.39, 0.29) is 6.61 Å². The Morgan fingerprint density at radius 3 is 2.30 bits per heavy atom. The molecule has 0 fully saturated rings. The lowest BCUT2D eigenvalue weighted by Crippen LogP contribution is -2.15. The minimum Gasteiger partial charge on any atom is -0.493 e. The van der Waals surface area contributed by atoms with E-state index in [9.17, 15) is 9.90 Å². The van der Waals surface area contributed by atoms with E-state index in [1.807, 2.05) is 37.3 Å². The smallest absolute Gasteiger partial charge is 0.493 e. The van der Waals surface area contributed by atoms with Gasteiger partial charge in [-0.05, 0) is 26.0 Å². The molecule has 114 valence electrons. The summed E-state index contributed by atoms with van der Waals surface area (Å²) in [4.78, 5) is 9.38. The topological polar surface area (TPSA) is 85.2 Å². The third kappa shape index (κ3) is 11.3. The molecule has 0 saturated carbocycles. The van der Waals surface area contributed by atoms with Gasteiger partial charge in [-0.3, -0.25) is 0 Å². The molecule has 0 radical (unpaired) electrons. The molecule has 0 heterocycles. The van der Waals surface area contributed by atoms with Gasteiger partial charge >= 0.3 is 6.16 Å². The second-order valence-corrected chi connectivity index (χ2v) is 3.56. The van der Waals surface area contributed by atoms with Gasteiger partial charge in [0, 0.05) is 13.0 Å². The second kappa shape index (κ2) is 12.3. The Balaban J connectivity index is 0.000000511. The highest BCUT2D eigenvalue weighted by molar-refractivity contribution is 5.56. The molecule has 0 spiro atoms. The van der Waals surface area contributed by atoms with Crippen LogP contribution in [0.2, 0.25) is 0 Å². The fourth-order valence-electron chi connectivity index (χ4n) is 1.19. The van der Waals surface area contributed by atoms with Gasteiger partial charge in [-0.2, -0.15) is 0 Å². The van der Waals surface area contributed by atoms with Gasteiger partial charge in [-0.25, -0.2) is 4.79 Å². The summed E-state index contributed by atoms with van der Waals surface area (Å²) in [5, 5.41) is 16.9. The molecule has 20 heavy (non-hydrogen) atoms. The van der Waals surface area contributed by atoms with Gasteiger partial charge in [0.2, 0.25) is 0 Å². The van der Waals surface area contributed by atoms with Crippen LogP contribution in [0.15, 0.2) is 30.3 Å². The maximum Gasteiger partial charge on any atom is 0.505 e. The molecule has 1 atom stereocenters. The maximum atomic E-state index is 9.38. The predicted molar refractivity (Wildman–Crippen MR) is 73.8 cm³/mol. The van der Waals surface area contributed by atoms with Crippen LogP contribution in [0, 0.1) is 0 Å². The van der Waals surface area contributed by atoms with Crippen LogP contribution in [0.5, 0.6) is 5.75 Å². The molecule has 0 aliphatic carbocycles. The zero-order valence-electron chi connectivity index (χ0n) is 11.8. The maximum absolute atomic E-state index is 9.38. The highest BCUT2D eigenvalue weighted by atomic mass is 16.7. The highest BCUT2D eigenvalue weighted by Gasteiger charge is 2.02. The first-order valence-corrected chi connectivity index (χ1v) is 6.43. The van der Waals surface area contributed by atoms with Gasteiger partial charge in [-0.1, -0.05) is 18.2 Å². The van der Waals surface area contributed by atoms with E-state index in [1.165, 1.54) is 0 Å². The Bertz CT molecular complexity index is 341. The molecule has 1 rings (SSSR count). The van der Waals surface area contributed by atoms with Crippen molar-refractivity contribution in [1.29, 1.82) is 0 Å². The van der Waals surface area contributed by atoms with Gasteiger partial charge in [0.15, 0.2) is 6.29 Å². The van der Waals surface area contributed by atoms with E-state index in [0.29, 0.717) is 19.6 Å². The van der Waals surface area contributed by atoms with Gasteiger partial charge < -0.3 is 24.4 Å². The van der Waals surface area contributed by atoms with E-state index in [4.69, 9.17) is 14.6 Å². The van der Waals surface area contributed by atoms with Crippen LogP contribution in [0.25, 0.3) is 0 Å². The molecule has 0 aliphatic heterocycles. The first-order chi connectivity index (χ1) is 9.60. The number of hydrogen-bond donors (Lipinski definition) is 2. The zero-order chi connectivity index (χ0) is 15.2. The van der Waals surface area contributed by atoms with E-state index < -0.39 is 12.4 Å². The number of aliphatic hydroxyl groups excluding tert-OH is 1. The number of para-hydroxylation sites is 1. The van der Waals surface area contributed by atoms with Crippen molar-refractivity contribution < 1.29 is 29.2 Å². The zero-order valence-corrected chi connectivity index (χ0v) is 11.8. The number of carboxylic acid groups (broad SMARTS) is 1. The van der Waals surface area contributed by atoms with Gasteiger partial charge in [0.25, 0.3) is 0 Å². The third-order valence-corrected chi connectivity index (χ3v) is 2.00. The average Bonchev–Trinajstić information content (AvgIpc) is 2.41. The molecule has 1 aromatic carbocycles. The van der Waals surface area contributed by atoms with Crippen LogP contribution in [-0.4, -0.2) is 42.5 Å². The van der Waals surface area contributed by atoms with Crippen molar-refractivity contribution in [2.45, 2.75) is 26.6 Å². The van der Waals surface area contributed by atoms with Crippen molar-refractivity contribution in [3.63, 3.8) is 0 Å². The average molecular weight is 286 g/mol. The molecule has 1 unspecified atom stereocenters. The van der Waals surface area contributed by atoms with E-state index >= 15 is 0 Å². The summed E-state index contributed by atoms with van der Waals surface area (Å²) < 4.78 is 14.3.